The van der Waals surface area contributed by atoms with Gasteiger partial charge in [0.1, 0.15) is 5.75 Å². The Labute approximate surface area is 200 Å². The van der Waals surface area contributed by atoms with E-state index < -0.39 is 0 Å². The first kappa shape index (κ1) is 22.2. The third kappa shape index (κ3) is 5.13. The van der Waals surface area contributed by atoms with Gasteiger partial charge in [0.2, 0.25) is 0 Å². The molecule has 0 unspecified atom stereocenters. The van der Waals surface area contributed by atoms with Gasteiger partial charge in [0.25, 0.3) is 11.8 Å². The summed E-state index contributed by atoms with van der Waals surface area (Å²) < 4.78 is 5.62. The van der Waals surface area contributed by atoms with E-state index in [9.17, 15) is 9.59 Å². The van der Waals surface area contributed by atoms with E-state index >= 15 is 0 Å². The van der Waals surface area contributed by atoms with Crippen LogP contribution in [0.5, 0.6) is 5.75 Å². The van der Waals surface area contributed by atoms with Gasteiger partial charge in [-0.1, -0.05) is 60.7 Å². The van der Waals surface area contributed by atoms with Crippen LogP contribution in [0.4, 0.5) is 5.69 Å². The van der Waals surface area contributed by atoms with Gasteiger partial charge in [-0.15, -0.1) is 0 Å². The molecule has 3 aromatic carbocycles. The second-order valence-electron chi connectivity index (χ2n) is 8.95. The maximum absolute atomic E-state index is 13.0. The normalized spacial score (nSPS) is 16.6. The van der Waals surface area contributed by atoms with Gasteiger partial charge in [-0.2, -0.15) is 0 Å². The minimum absolute atomic E-state index is 0.00688. The number of amides is 2. The molecular formula is C28H29N3O3. The number of nitrogens with one attached hydrogen (secondary N) is 1. The average molecular weight is 456 g/mol. The van der Waals surface area contributed by atoms with Crippen LogP contribution in [0, 0.1) is 0 Å². The van der Waals surface area contributed by atoms with Crippen molar-refractivity contribution in [3.05, 3.63) is 95.6 Å². The van der Waals surface area contributed by atoms with Crippen LogP contribution in [0.3, 0.4) is 0 Å². The number of benzene rings is 3. The molecule has 0 bridgehead atoms. The molecule has 2 aliphatic heterocycles. The quantitative estimate of drug-likeness (QED) is 0.610. The van der Waals surface area contributed by atoms with Crippen LogP contribution in [-0.2, 0) is 17.9 Å². The van der Waals surface area contributed by atoms with Crippen molar-refractivity contribution < 1.29 is 14.3 Å². The fraction of sp³-hybridized carbons (Fsp3) is 0.286. The molecule has 34 heavy (non-hydrogen) atoms. The van der Waals surface area contributed by atoms with Crippen LogP contribution in [0.2, 0.25) is 0 Å². The number of hydrogen-bond acceptors (Lipinski definition) is 4. The molecule has 0 radical (unpaired) electrons. The standard InChI is InChI=1S/C28H29N3O3/c32-27-20-34-26-12-11-23(17-25(26)31(27)19-22-9-5-2-6-10-22)28(33)29-24-13-15-30(16-14-24)18-21-7-3-1-4-8-21/h1-12,17,24H,13-16,18-20H2,(H,29,33). The van der Waals surface area contributed by atoms with E-state index in [1.54, 1.807) is 23.1 Å². The topological polar surface area (TPSA) is 61.9 Å². The van der Waals surface area contributed by atoms with Gasteiger partial charge in [0.15, 0.2) is 6.61 Å². The number of carbonyl (C=O) groups is 2. The zero-order chi connectivity index (χ0) is 23.3. The summed E-state index contributed by atoms with van der Waals surface area (Å²) in [4.78, 5) is 29.8. The fourth-order valence-corrected chi connectivity index (χ4v) is 4.63. The molecule has 6 nitrogen and oxygen atoms in total. The summed E-state index contributed by atoms with van der Waals surface area (Å²) in [7, 11) is 0. The lowest BCUT2D eigenvalue weighted by molar-refractivity contribution is -0.121. The molecule has 2 heterocycles. The number of rotatable bonds is 6. The summed E-state index contributed by atoms with van der Waals surface area (Å²) in [6.45, 7) is 3.31. The van der Waals surface area contributed by atoms with E-state index in [4.69, 9.17) is 4.74 Å². The molecule has 6 heteroatoms. The Morgan fingerprint density at radius 3 is 2.21 bits per heavy atom. The molecule has 2 amide bonds. The number of likely N-dealkylation sites (tertiary alicyclic amines) is 1. The Morgan fingerprint density at radius 1 is 0.882 bits per heavy atom. The highest BCUT2D eigenvalue weighted by Gasteiger charge is 2.27. The first-order valence-electron chi connectivity index (χ1n) is 11.8. The van der Waals surface area contributed by atoms with Crippen LogP contribution in [0.25, 0.3) is 0 Å². The van der Waals surface area contributed by atoms with E-state index in [-0.39, 0.29) is 24.5 Å². The average Bonchev–Trinajstić information content (AvgIpc) is 2.88. The minimum atomic E-state index is -0.111. The number of hydrogen-bond donors (Lipinski definition) is 1. The van der Waals surface area contributed by atoms with E-state index in [0.29, 0.717) is 23.5 Å². The van der Waals surface area contributed by atoms with Crippen LogP contribution < -0.4 is 15.0 Å². The molecule has 174 valence electrons. The molecule has 0 aliphatic carbocycles. The van der Waals surface area contributed by atoms with Crippen molar-refractivity contribution in [2.75, 3.05) is 24.6 Å². The van der Waals surface area contributed by atoms with Gasteiger partial charge in [-0.05, 0) is 42.2 Å². The molecule has 3 aromatic rings. The number of ether oxygens (including phenoxy) is 1. The molecule has 1 N–H and O–H groups in total. The second kappa shape index (κ2) is 10.1. The van der Waals surface area contributed by atoms with E-state index in [0.717, 1.165) is 38.0 Å². The zero-order valence-electron chi connectivity index (χ0n) is 19.2. The number of carbonyl (C=O) groups excluding carboxylic acids is 2. The van der Waals surface area contributed by atoms with Gasteiger partial charge < -0.3 is 15.0 Å². The summed E-state index contributed by atoms with van der Waals surface area (Å²) in [6, 6.07) is 25.8. The van der Waals surface area contributed by atoms with Crippen LogP contribution in [0.1, 0.15) is 34.3 Å². The molecule has 1 fully saturated rings. The lowest BCUT2D eigenvalue weighted by Gasteiger charge is -2.32. The van der Waals surface area contributed by atoms with Gasteiger partial charge >= 0.3 is 0 Å². The van der Waals surface area contributed by atoms with E-state index in [2.05, 4.69) is 34.5 Å². The van der Waals surface area contributed by atoms with Crippen molar-refractivity contribution in [2.24, 2.45) is 0 Å². The molecule has 0 aromatic heterocycles. The Bertz CT molecular complexity index is 1140. The monoisotopic (exact) mass is 455 g/mol. The van der Waals surface area contributed by atoms with E-state index in [1.807, 2.05) is 36.4 Å². The largest absolute Gasteiger partial charge is 0.482 e. The summed E-state index contributed by atoms with van der Waals surface area (Å²) in [6.07, 6.45) is 1.84. The van der Waals surface area contributed by atoms with Gasteiger partial charge in [0.05, 0.1) is 12.2 Å². The Morgan fingerprint density at radius 2 is 1.53 bits per heavy atom. The fourth-order valence-electron chi connectivity index (χ4n) is 4.63. The van der Waals surface area contributed by atoms with Crippen LogP contribution in [0.15, 0.2) is 78.9 Å². The predicted molar refractivity (Wildman–Crippen MR) is 132 cm³/mol. The molecule has 0 spiro atoms. The molecular weight excluding hydrogens is 426 g/mol. The minimum Gasteiger partial charge on any atom is -0.482 e. The summed E-state index contributed by atoms with van der Waals surface area (Å²) in [5.74, 6) is 0.406. The van der Waals surface area contributed by atoms with Crippen LogP contribution in [-0.4, -0.2) is 42.5 Å². The maximum atomic E-state index is 13.0. The van der Waals surface area contributed by atoms with Crippen molar-refractivity contribution in [3.8, 4) is 5.75 Å². The lowest BCUT2D eigenvalue weighted by Crippen LogP contribution is -2.44. The van der Waals surface area contributed by atoms with Crippen molar-refractivity contribution in [1.29, 1.82) is 0 Å². The first-order valence-corrected chi connectivity index (χ1v) is 11.8. The van der Waals surface area contributed by atoms with Gasteiger partial charge in [-0.25, -0.2) is 0 Å². The Balaban J connectivity index is 1.22. The predicted octanol–water partition coefficient (Wildman–Crippen LogP) is 4.01. The summed E-state index contributed by atoms with van der Waals surface area (Å²) in [5.41, 5.74) is 3.53. The summed E-state index contributed by atoms with van der Waals surface area (Å²) in [5, 5.41) is 3.19. The Hall–Kier alpha value is -3.64. The highest BCUT2D eigenvalue weighted by atomic mass is 16.5. The van der Waals surface area contributed by atoms with Gasteiger partial charge in [0, 0.05) is 31.2 Å². The number of fused-ring (bicyclic) bond motifs is 1. The zero-order valence-corrected chi connectivity index (χ0v) is 19.2. The SMILES string of the molecule is O=C(NC1CCN(Cc2ccccc2)CC1)c1ccc2c(c1)N(Cc1ccccc1)C(=O)CO2. The van der Waals surface area contributed by atoms with Crippen molar-refractivity contribution in [1.82, 2.24) is 10.2 Å². The smallest absolute Gasteiger partial charge is 0.265 e. The van der Waals surface area contributed by atoms with Crippen molar-refractivity contribution >= 4 is 17.5 Å². The van der Waals surface area contributed by atoms with Crippen molar-refractivity contribution in [2.45, 2.75) is 32.0 Å². The molecule has 2 aliphatic rings. The van der Waals surface area contributed by atoms with Crippen molar-refractivity contribution in [3.63, 3.8) is 0 Å². The second-order valence-corrected chi connectivity index (χ2v) is 8.95. The third-order valence-corrected chi connectivity index (χ3v) is 6.52. The Kier molecular flexibility index (Phi) is 6.58. The summed E-state index contributed by atoms with van der Waals surface area (Å²) >= 11 is 0. The maximum Gasteiger partial charge on any atom is 0.265 e. The molecule has 5 rings (SSSR count). The first-order chi connectivity index (χ1) is 16.7. The molecule has 0 saturated carbocycles. The van der Waals surface area contributed by atoms with E-state index in [1.165, 1.54) is 5.56 Å². The lowest BCUT2D eigenvalue weighted by atomic mass is 10.0. The van der Waals surface area contributed by atoms with Crippen LogP contribution >= 0.6 is 0 Å². The number of piperidine rings is 1. The molecule has 0 atom stereocenters. The highest BCUT2D eigenvalue weighted by Crippen LogP contribution is 2.34. The highest BCUT2D eigenvalue weighted by molar-refractivity contribution is 6.01. The van der Waals surface area contributed by atoms with Gasteiger partial charge in [-0.3, -0.25) is 14.5 Å². The third-order valence-electron chi connectivity index (χ3n) is 6.52. The number of nitrogens with zero attached hydrogens (tertiary/aromatic N) is 2. The molecule has 1 saturated heterocycles. The number of anilines is 1.